The third-order valence-electron chi connectivity index (χ3n) is 12.8. The maximum absolute atomic E-state index is 14.6. The summed E-state index contributed by atoms with van der Waals surface area (Å²) in [6, 6.07) is -1.46. The molecule has 58 heavy (non-hydrogen) atoms. The van der Waals surface area contributed by atoms with Crippen LogP contribution in [0.3, 0.4) is 0 Å². The summed E-state index contributed by atoms with van der Waals surface area (Å²) in [4.78, 5) is 75.1. The zero-order valence-electron chi connectivity index (χ0n) is 33.4. The molecule has 19 nitrogen and oxygen atoms in total. The zero-order valence-corrected chi connectivity index (χ0v) is 33.4. The molecule has 1 aliphatic heterocycles. The number of hydrogen-bond donors (Lipinski definition) is 6. The van der Waals surface area contributed by atoms with Crippen molar-refractivity contribution >= 4 is 29.4 Å². The van der Waals surface area contributed by atoms with Gasteiger partial charge in [0.05, 0.1) is 49.2 Å². The molecular formula is C39H59N3O16. The summed E-state index contributed by atoms with van der Waals surface area (Å²) >= 11 is 0. The van der Waals surface area contributed by atoms with Gasteiger partial charge in [-0.05, 0) is 81.8 Å². The number of carbonyl (C=O) groups excluding carboxylic acids is 5. The van der Waals surface area contributed by atoms with E-state index in [1.165, 1.54) is 0 Å². The Balaban J connectivity index is 1.26. The van der Waals surface area contributed by atoms with Gasteiger partial charge in [0.15, 0.2) is 24.3 Å². The molecule has 4 unspecified atom stereocenters. The molecule has 1 saturated heterocycles. The molecule has 4 fully saturated rings. The number of allylic oxidation sites excluding steroid dienone is 4. The summed E-state index contributed by atoms with van der Waals surface area (Å²) in [6.07, 6.45) is 7.46. The van der Waals surface area contributed by atoms with E-state index in [1.54, 1.807) is 12.2 Å². The lowest BCUT2D eigenvalue weighted by atomic mass is 9.46. The summed E-state index contributed by atoms with van der Waals surface area (Å²) < 4.78 is 23.9. The predicted octanol–water partition coefficient (Wildman–Crippen LogP) is 3.05. The number of aliphatic hydroxyl groups excluding tert-OH is 1. The number of nitrogens with zero attached hydrogens (tertiary/aromatic N) is 2. The second-order valence-corrected chi connectivity index (χ2v) is 16.4. The fourth-order valence-corrected chi connectivity index (χ4v) is 10.3. The van der Waals surface area contributed by atoms with E-state index < -0.39 is 88.4 Å². The van der Waals surface area contributed by atoms with Crippen LogP contribution in [0, 0.1) is 28.6 Å². The zero-order chi connectivity index (χ0) is 42.3. The molecule has 326 valence electrons. The molecule has 0 spiro atoms. The molecule has 5 rings (SSSR count). The van der Waals surface area contributed by atoms with Gasteiger partial charge in [-0.15, -0.1) is 0 Å². The predicted molar refractivity (Wildman–Crippen MR) is 195 cm³/mol. The van der Waals surface area contributed by atoms with E-state index >= 15 is 0 Å². The van der Waals surface area contributed by atoms with Crippen molar-refractivity contribution in [2.45, 2.75) is 134 Å². The highest BCUT2D eigenvalue weighted by molar-refractivity contribution is 6.01. The van der Waals surface area contributed by atoms with Gasteiger partial charge in [0.1, 0.15) is 6.04 Å². The molecule has 1 heterocycles. The smallest absolute Gasteiger partial charge is 0.329 e. The summed E-state index contributed by atoms with van der Waals surface area (Å²) in [7, 11) is 0. The lowest BCUT2D eigenvalue weighted by molar-refractivity contribution is -0.492. The van der Waals surface area contributed by atoms with Gasteiger partial charge in [-0.1, -0.05) is 45.3 Å². The van der Waals surface area contributed by atoms with E-state index in [9.17, 15) is 29.1 Å². The molecule has 19 heteroatoms. The van der Waals surface area contributed by atoms with Gasteiger partial charge >= 0.3 is 11.9 Å². The SMILES string of the molecule is CCCC1O[C@@H]2CC3[C@@H]4CCC5=CC(=O)C=C[C@]5(C)C4[C@@H](O)C[C@]3(C)[C@]2(C(=O)COC(=O)CC(NC(=O)CCCCCON(O)O)C(=O)OCCCCON(O)O)O1. The number of nitrogens with one attached hydrogen (secondary N) is 1. The Labute approximate surface area is 336 Å². The lowest BCUT2D eigenvalue weighted by Crippen LogP contribution is -2.63. The highest BCUT2D eigenvalue weighted by atomic mass is 17.1. The van der Waals surface area contributed by atoms with Gasteiger partial charge < -0.3 is 29.4 Å². The molecule has 10 atom stereocenters. The fourth-order valence-electron chi connectivity index (χ4n) is 10.3. The largest absolute Gasteiger partial charge is 0.464 e. The molecule has 0 aromatic carbocycles. The first-order valence-corrected chi connectivity index (χ1v) is 20.3. The van der Waals surface area contributed by atoms with Crippen LogP contribution in [0.4, 0.5) is 0 Å². The van der Waals surface area contributed by atoms with Crippen LogP contribution in [0.25, 0.3) is 0 Å². The Hall–Kier alpha value is -3.21. The first kappa shape index (κ1) is 45.9. The number of unbranched alkanes of at least 4 members (excludes halogenated alkanes) is 3. The lowest BCUT2D eigenvalue weighted by Gasteiger charge is -2.59. The first-order chi connectivity index (χ1) is 27.5. The standard InChI is InChI=1S/C39H59N3O16/c1-4-10-34-57-31-20-27-26-13-12-24-19-25(43)14-15-37(24,2)35(26)29(44)22-38(27,3)39(31,58-34)30(45)23-54-33(47)21-28(36(48)53-16-8-9-18-56-42(51)52)40-32(46)11-6-5-7-17-55-41(49)50/h14-15,19,26-29,31,34-35,44,49-52H,4-13,16-18,20-23H2,1-3H3,(H,40,46)/t26-,27?,28?,29-,31+,34?,35?,37-,38-,39+/m0/s1. The van der Waals surface area contributed by atoms with Crippen molar-refractivity contribution in [2.75, 3.05) is 26.4 Å². The van der Waals surface area contributed by atoms with Crippen LogP contribution >= 0.6 is 0 Å². The molecule has 0 aromatic rings. The highest BCUT2D eigenvalue weighted by Crippen LogP contribution is 2.69. The van der Waals surface area contributed by atoms with Gasteiger partial charge in [-0.25, -0.2) is 4.79 Å². The number of esters is 2. The normalized spacial score (nSPS) is 32.9. The summed E-state index contributed by atoms with van der Waals surface area (Å²) in [6.45, 7) is 5.07. The molecule has 6 N–H and O–H groups in total. The van der Waals surface area contributed by atoms with Crippen LogP contribution in [-0.4, -0.2) is 123 Å². The molecule has 0 bridgehead atoms. The van der Waals surface area contributed by atoms with Crippen LogP contribution in [0.1, 0.15) is 104 Å². The van der Waals surface area contributed by atoms with Gasteiger partial charge in [0, 0.05) is 23.2 Å². The average molecular weight is 826 g/mol. The van der Waals surface area contributed by atoms with Gasteiger partial charge in [-0.3, -0.25) is 49.7 Å². The molecule has 0 radical (unpaired) electrons. The van der Waals surface area contributed by atoms with Crippen molar-refractivity contribution in [1.29, 1.82) is 0 Å². The van der Waals surface area contributed by atoms with E-state index in [0.29, 0.717) is 38.5 Å². The van der Waals surface area contributed by atoms with E-state index in [4.69, 9.17) is 39.8 Å². The van der Waals surface area contributed by atoms with Crippen molar-refractivity contribution in [3.05, 3.63) is 23.8 Å². The van der Waals surface area contributed by atoms with Crippen molar-refractivity contribution in [2.24, 2.45) is 28.6 Å². The molecule has 1 amide bonds. The summed E-state index contributed by atoms with van der Waals surface area (Å²) in [5, 5.41) is 48.2. The number of aliphatic hydroxyl groups is 1. The Morgan fingerprint density at radius 3 is 2.36 bits per heavy atom. The Bertz CT molecular complexity index is 1560. The number of ether oxygens (including phenoxy) is 4. The maximum Gasteiger partial charge on any atom is 0.329 e. The van der Waals surface area contributed by atoms with Gasteiger partial charge in [-0.2, -0.15) is 0 Å². The number of amides is 1. The summed E-state index contributed by atoms with van der Waals surface area (Å²) in [5.41, 5.74) is -1.94. The monoisotopic (exact) mass is 825 g/mol. The molecular weight excluding hydrogens is 766 g/mol. The number of Topliss-reactive ketones (excluding diaryl/α,β-unsaturated/α-hetero) is 1. The van der Waals surface area contributed by atoms with E-state index in [0.717, 1.165) is 18.4 Å². The first-order valence-electron chi connectivity index (χ1n) is 20.3. The van der Waals surface area contributed by atoms with Gasteiger partial charge in [0.2, 0.25) is 11.7 Å². The third-order valence-corrected chi connectivity index (χ3v) is 12.8. The average Bonchev–Trinajstić information content (AvgIpc) is 3.64. The van der Waals surface area contributed by atoms with E-state index in [2.05, 4.69) is 21.9 Å². The molecule has 5 aliphatic rings. The quantitative estimate of drug-likeness (QED) is 0.0521. The molecule has 0 aromatic heterocycles. The second-order valence-electron chi connectivity index (χ2n) is 16.4. The van der Waals surface area contributed by atoms with Crippen LogP contribution in [0.2, 0.25) is 0 Å². The number of fused-ring (bicyclic) bond motifs is 7. The van der Waals surface area contributed by atoms with Crippen molar-refractivity contribution in [3.63, 3.8) is 0 Å². The molecule has 3 saturated carbocycles. The van der Waals surface area contributed by atoms with E-state index in [-0.39, 0.29) is 69.0 Å². The minimum absolute atomic E-state index is 0.00754. The van der Waals surface area contributed by atoms with Crippen LogP contribution in [0.15, 0.2) is 23.8 Å². The number of hydrogen-bond acceptors (Lipinski definition) is 18. The van der Waals surface area contributed by atoms with Gasteiger partial charge in [0.25, 0.3) is 0 Å². The number of ketones is 2. The molecule has 4 aliphatic carbocycles. The Morgan fingerprint density at radius 2 is 1.67 bits per heavy atom. The van der Waals surface area contributed by atoms with Crippen molar-refractivity contribution < 1.29 is 78.5 Å². The van der Waals surface area contributed by atoms with Crippen LogP contribution in [-0.2, 0) is 52.6 Å². The van der Waals surface area contributed by atoms with Crippen molar-refractivity contribution in [3.8, 4) is 0 Å². The van der Waals surface area contributed by atoms with Crippen LogP contribution in [0.5, 0.6) is 0 Å². The minimum Gasteiger partial charge on any atom is -0.464 e. The highest BCUT2D eigenvalue weighted by Gasteiger charge is 2.76. The van der Waals surface area contributed by atoms with Crippen molar-refractivity contribution in [1.82, 2.24) is 16.1 Å². The minimum atomic E-state index is -1.53. The Morgan fingerprint density at radius 1 is 0.983 bits per heavy atom. The topological polar surface area (TPSA) is 260 Å². The number of carbonyl (C=O) groups is 5. The fraction of sp³-hybridized carbons (Fsp3) is 0.769. The maximum atomic E-state index is 14.6. The number of rotatable bonds is 22. The third kappa shape index (κ3) is 10.0. The summed E-state index contributed by atoms with van der Waals surface area (Å²) in [5.74, 6) is -3.31. The van der Waals surface area contributed by atoms with Crippen LogP contribution < -0.4 is 5.32 Å². The second kappa shape index (κ2) is 19.9. The van der Waals surface area contributed by atoms with E-state index in [1.807, 2.05) is 19.9 Å². The Kier molecular flexibility index (Phi) is 15.7.